The normalized spacial score (nSPS) is 16.8. The lowest BCUT2D eigenvalue weighted by Crippen LogP contribution is -2.61. The minimum atomic E-state index is -0.961. The maximum Gasteiger partial charge on any atom is 0.378 e. The number of carbonyl (C=O) groups is 3. The summed E-state index contributed by atoms with van der Waals surface area (Å²) >= 11 is 0. The first-order valence-corrected chi connectivity index (χ1v) is 10.5. The van der Waals surface area contributed by atoms with E-state index in [1.165, 1.54) is 9.42 Å². The molecule has 2 amide bonds. The zero-order chi connectivity index (χ0) is 22.5. The van der Waals surface area contributed by atoms with Gasteiger partial charge in [0.05, 0.1) is 11.4 Å². The monoisotopic (exact) mass is 434 g/mol. The number of nitrogens with zero attached hydrogens (tertiary/aromatic N) is 5. The Balaban J connectivity index is 1.40. The average Bonchev–Trinajstić information content (AvgIpc) is 3.41. The molecule has 1 aromatic carbocycles. The van der Waals surface area contributed by atoms with Gasteiger partial charge in [-0.2, -0.15) is 4.98 Å². The molecule has 1 N–H and O–H groups in total. The van der Waals surface area contributed by atoms with Crippen molar-refractivity contribution in [2.75, 3.05) is 16.8 Å². The lowest BCUT2D eigenvalue weighted by Gasteiger charge is -2.44. The van der Waals surface area contributed by atoms with Gasteiger partial charge in [-0.05, 0) is 44.9 Å². The second-order valence-electron chi connectivity index (χ2n) is 8.20. The van der Waals surface area contributed by atoms with E-state index in [2.05, 4.69) is 20.4 Å². The fraction of sp³-hybridized carbons (Fsp3) is 0.364. The number of esters is 1. The lowest BCUT2D eigenvalue weighted by atomic mass is 9.90. The van der Waals surface area contributed by atoms with Crippen molar-refractivity contribution in [3.8, 4) is 0 Å². The van der Waals surface area contributed by atoms with Gasteiger partial charge in [-0.25, -0.2) is 14.3 Å². The van der Waals surface area contributed by atoms with Crippen LogP contribution in [0, 0.1) is 13.8 Å². The Hall–Kier alpha value is -3.82. The highest BCUT2D eigenvalue weighted by Crippen LogP contribution is 2.45. The molecular weight excluding hydrogens is 412 g/mol. The Morgan fingerprint density at radius 2 is 1.91 bits per heavy atom. The van der Waals surface area contributed by atoms with Crippen molar-refractivity contribution in [3.05, 3.63) is 47.5 Å². The minimum absolute atomic E-state index is 0.175. The van der Waals surface area contributed by atoms with E-state index < -0.39 is 24.0 Å². The third kappa shape index (κ3) is 3.10. The smallest absolute Gasteiger partial charge is 0.378 e. The van der Waals surface area contributed by atoms with Crippen LogP contribution in [0.5, 0.6) is 0 Å². The molecule has 0 bridgehead atoms. The molecule has 2 aliphatic rings. The topological polar surface area (TPSA) is 119 Å². The fourth-order valence-electron chi connectivity index (χ4n) is 4.64. The summed E-state index contributed by atoms with van der Waals surface area (Å²) in [5.74, 6) is -1.38. The van der Waals surface area contributed by atoms with Gasteiger partial charge < -0.3 is 10.1 Å². The maximum absolute atomic E-state index is 13.3. The zero-order valence-corrected chi connectivity index (χ0v) is 17.8. The number of para-hydroxylation sites is 2. The second kappa shape index (κ2) is 7.40. The third-order valence-electron chi connectivity index (χ3n) is 6.05. The maximum atomic E-state index is 13.3. The SMILES string of the molecule is Cc1cc(C)n2nc(C(=O)OCC(=O)N3c4ccccc4NC(=O)C34CCCC4)nc2n1. The summed E-state index contributed by atoms with van der Waals surface area (Å²) in [6, 6.07) is 8.96. The van der Waals surface area contributed by atoms with Crippen LogP contribution in [0.15, 0.2) is 30.3 Å². The molecule has 3 aromatic rings. The van der Waals surface area contributed by atoms with Gasteiger partial charge in [0.25, 0.3) is 23.4 Å². The van der Waals surface area contributed by atoms with Gasteiger partial charge in [0.1, 0.15) is 5.54 Å². The number of hydrogen-bond donors (Lipinski definition) is 1. The van der Waals surface area contributed by atoms with E-state index in [1.54, 1.807) is 18.2 Å². The van der Waals surface area contributed by atoms with Crippen molar-refractivity contribution in [1.82, 2.24) is 19.6 Å². The van der Waals surface area contributed by atoms with Gasteiger partial charge in [-0.1, -0.05) is 25.0 Å². The Morgan fingerprint density at radius 3 is 2.69 bits per heavy atom. The summed E-state index contributed by atoms with van der Waals surface area (Å²) in [6.45, 7) is 3.13. The molecule has 3 heterocycles. The van der Waals surface area contributed by atoms with Crippen LogP contribution < -0.4 is 10.2 Å². The Labute approximate surface area is 183 Å². The molecule has 5 rings (SSSR count). The minimum Gasteiger partial charge on any atom is -0.450 e. The van der Waals surface area contributed by atoms with Crippen LogP contribution in [-0.2, 0) is 14.3 Å². The number of nitrogens with one attached hydrogen (secondary N) is 1. The molecule has 32 heavy (non-hydrogen) atoms. The Kier molecular flexibility index (Phi) is 4.65. The van der Waals surface area contributed by atoms with E-state index in [0.29, 0.717) is 24.2 Å². The molecule has 1 aliphatic carbocycles. The van der Waals surface area contributed by atoms with Crippen LogP contribution in [0.2, 0.25) is 0 Å². The number of anilines is 2. The molecule has 164 valence electrons. The second-order valence-corrected chi connectivity index (χ2v) is 8.20. The lowest BCUT2D eigenvalue weighted by molar-refractivity contribution is -0.129. The molecule has 0 unspecified atom stereocenters. The van der Waals surface area contributed by atoms with Crippen molar-refractivity contribution < 1.29 is 19.1 Å². The Bertz CT molecular complexity index is 1260. The van der Waals surface area contributed by atoms with E-state index in [9.17, 15) is 14.4 Å². The fourth-order valence-corrected chi connectivity index (χ4v) is 4.64. The molecule has 10 heteroatoms. The molecule has 0 atom stereocenters. The van der Waals surface area contributed by atoms with Gasteiger partial charge in [0.2, 0.25) is 0 Å². The number of carbonyl (C=O) groups excluding carboxylic acids is 3. The molecule has 1 aliphatic heterocycles. The molecule has 0 radical (unpaired) electrons. The van der Waals surface area contributed by atoms with E-state index >= 15 is 0 Å². The van der Waals surface area contributed by atoms with Crippen LogP contribution in [-0.4, -0.2) is 49.5 Å². The number of rotatable bonds is 3. The van der Waals surface area contributed by atoms with Gasteiger partial charge in [0, 0.05) is 11.4 Å². The summed E-state index contributed by atoms with van der Waals surface area (Å²) in [7, 11) is 0. The predicted octanol–water partition coefficient (Wildman–Crippen LogP) is 2.20. The summed E-state index contributed by atoms with van der Waals surface area (Å²) in [6.07, 6.45) is 2.81. The van der Waals surface area contributed by atoms with Crippen molar-refractivity contribution in [3.63, 3.8) is 0 Å². The van der Waals surface area contributed by atoms with Crippen molar-refractivity contribution >= 4 is 34.9 Å². The number of fused-ring (bicyclic) bond motifs is 2. The number of benzene rings is 1. The van der Waals surface area contributed by atoms with Gasteiger partial charge in [-0.15, -0.1) is 5.10 Å². The highest BCUT2D eigenvalue weighted by molar-refractivity contribution is 6.15. The first kappa shape index (κ1) is 20.1. The zero-order valence-electron chi connectivity index (χ0n) is 17.8. The largest absolute Gasteiger partial charge is 0.450 e. The number of hydrogen-bond acceptors (Lipinski definition) is 7. The molecule has 1 spiro atoms. The van der Waals surface area contributed by atoms with E-state index in [0.717, 1.165) is 24.2 Å². The molecular formula is C22H22N6O4. The van der Waals surface area contributed by atoms with Crippen LogP contribution in [0.4, 0.5) is 11.4 Å². The highest BCUT2D eigenvalue weighted by atomic mass is 16.5. The summed E-state index contributed by atoms with van der Waals surface area (Å²) in [5, 5.41) is 7.06. The van der Waals surface area contributed by atoms with E-state index in [4.69, 9.17) is 4.74 Å². The van der Waals surface area contributed by atoms with Crippen molar-refractivity contribution in [2.45, 2.75) is 45.1 Å². The Morgan fingerprint density at radius 1 is 1.16 bits per heavy atom. The van der Waals surface area contributed by atoms with Gasteiger partial charge in [0.15, 0.2) is 6.61 Å². The number of aryl methyl sites for hydroxylation is 2. The quantitative estimate of drug-likeness (QED) is 0.628. The summed E-state index contributed by atoms with van der Waals surface area (Å²) < 4.78 is 6.72. The molecule has 1 fully saturated rings. The first-order valence-electron chi connectivity index (χ1n) is 10.5. The summed E-state index contributed by atoms with van der Waals surface area (Å²) in [4.78, 5) is 48.7. The standard InChI is InChI=1S/C22H22N6O4/c1-13-11-14(2)28-21(23-13)25-18(26-28)19(30)32-12-17(29)27-16-8-4-3-7-15(16)24-20(31)22(27)9-5-6-10-22/h3-4,7-8,11H,5-6,9-10,12H2,1-2H3,(H,24,31). The van der Waals surface area contributed by atoms with Gasteiger partial charge >= 0.3 is 5.97 Å². The number of ether oxygens (including phenoxy) is 1. The number of aromatic nitrogens is 4. The van der Waals surface area contributed by atoms with Crippen molar-refractivity contribution in [2.24, 2.45) is 0 Å². The molecule has 2 aromatic heterocycles. The molecule has 1 saturated carbocycles. The van der Waals surface area contributed by atoms with Gasteiger partial charge in [-0.3, -0.25) is 14.5 Å². The van der Waals surface area contributed by atoms with E-state index in [-0.39, 0.29) is 17.5 Å². The van der Waals surface area contributed by atoms with Crippen LogP contribution in [0.1, 0.15) is 47.7 Å². The number of amides is 2. The van der Waals surface area contributed by atoms with Crippen molar-refractivity contribution in [1.29, 1.82) is 0 Å². The molecule has 10 nitrogen and oxygen atoms in total. The highest BCUT2D eigenvalue weighted by Gasteiger charge is 2.52. The van der Waals surface area contributed by atoms with Crippen LogP contribution >= 0.6 is 0 Å². The summed E-state index contributed by atoms with van der Waals surface area (Å²) in [5.41, 5.74) is 1.73. The first-order chi connectivity index (χ1) is 15.4. The van der Waals surface area contributed by atoms with Crippen LogP contribution in [0.3, 0.4) is 0 Å². The third-order valence-corrected chi connectivity index (χ3v) is 6.05. The average molecular weight is 434 g/mol. The van der Waals surface area contributed by atoms with E-state index in [1.807, 2.05) is 26.0 Å². The van der Waals surface area contributed by atoms with Crippen LogP contribution in [0.25, 0.3) is 5.78 Å². The predicted molar refractivity (Wildman–Crippen MR) is 114 cm³/mol. The molecule has 0 saturated heterocycles.